The summed E-state index contributed by atoms with van der Waals surface area (Å²) in [6.07, 6.45) is 3.93. The molecule has 0 aliphatic rings. The Bertz CT molecular complexity index is 540. The van der Waals surface area contributed by atoms with E-state index in [1.54, 1.807) is 11.8 Å². The van der Waals surface area contributed by atoms with Gasteiger partial charge >= 0.3 is 0 Å². The minimum Gasteiger partial charge on any atom is -0.329 e. The topological polar surface area (TPSA) is 16.1 Å². The first-order chi connectivity index (χ1) is 8.61. The molecule has 0 spiro atoms. The smallest absolute Gasteiger partial charge is 0.132 e. The molecule has 0 aliphatic carbocycles. The van der Waals surface area contributed by atoms with Gasteiger partial charge in [-0.25, -0.2) is 4.98 Å². The molecule has 2 rings (SSSR count). The summed E-state index contributed by atoms with van der Waals surface area (Å²) in [5, 5.41) is 0. The molecule has 2 nitrogen and oxygen atoms in total. The van der Waals surface area contributed by atoms with Gasteiger partial charge in [0.05, 0.1) is 0 Å². The first kappa shape index (κ1) is 13.4. The van der Waals surface area contributed by atoms with E-state index in [-0.39, 0.29) is 0 Å². The fourth-order valence-corrected chi connectivity index (χ4v) is 2.27. The highest BCUT2D eigenvalue weighted by Gasteiger charge is 2.06. The molecule has 0 saturated carbocycles. The van der Waals surface area contributed by atoms with E-state index in [1.165, 1.54) is 10.5 Å². The van der Waals surface area contributed by atoms with Gasteiger partial charge in [-0.05, 0) is 65.0 Å². The molecule has 1 aromatic heterocycles. The van der Waals surface area contributed by atoms with Crippen LogP contribution in [0.2, 0.25) is 0 Å². The van der Waals surface area contributed by atoms with Gasteiger partial charge in [0.15, 0.2) is 0 Å². The molecule has 1 heterocycles. The standard InChI is InChI=1S/C14H15BrN2S/c1-10-8-14(16-9-13(10)15)17(2)11-4-6-12(18-3)7-5-11/h4-9H,1-3H3. The number of rotatable bonds is 3. The van der Waals surface area contributed by atoms with Gasteiger partial charge in [-0.2, -0.15) is 0 Å². The Morgan fingerprint density at radius 1 is 1.22 bits per heavy atom. The van der Waals surface area contributed by atoms with Crippen molar-refractivity contribution in [3.63, 3.8) is 0 Å². The summed E-state index contributed by atoms with van der Waals surface area (Å²) in [4.78, 5) is 7.79. The van der Waals surface area contributed by atoms with Crippen LogP contribution in [0, 0.1) is 6.92 Å². The van der Waals surface area contributed by atoms with E-state index >= 15 is 0 Å². The predicted molar refractivity (Wildman–Crippen MR) is 83.0 cm³/mol. The SMILES string of the molecule is CSc1ccc(N(C)c2cc(C)c(Br)cn2)cc1. The van der Waals surface area contributed by atoms with Gasteiger partial charge in [0.2, 0.25) is 0 Å². The lowest BCUT2D eigenvalue weighted by atomic mass is 10.2. The maximum absolute atomic E-state index is 4.43. The maximum atomic E-state index is 4.43. The number of hydrogen-bond donors (Lipinski definition) is 0. The molecule has 4 heteroatoms. The number of aryl methyl sites for hydroxylation is 1. The summed E-state index contributed by atoms with van der Waals surface area (Å²) in [5.41, 5.74) is 2.33. The fraction of sp³-hybridized carbons (Fsp3) is 0.214. The van der Waals surface area contributed by atoms with Crippen LogP contribution in [0.3, 0.4) is 0 Å². The zero-order valence-electron chi connectivity index (χ0n) is 10.6. The normalized spacial score (nSPS) is 10.4. The Morgan fingerprint density at radius 3 is 2.44 bits per heavy atom. The van der Waals surface area contributed by atoms with Gasteiger partial charge in [0.25, 0.3) is 0 Å². The lowest BCUT2D eigenvalue weighted by molar-refractivity contribution is 1.11. The van der Waals surface area contributed by atoms with Crippen molar-refractivity contribution in [3.05, 3.63) is 46.6 Å². The summed E-state index contributed by atoms with van der Waals surface area (Å²) in [6.45, 7) is 2.07. The molecule has 0 fully saturated rings. The van der Waals surface area contributed by atoms with Gasteiger partial charge in [-0.3, -0.25) is 0 Å². The molecule has 18 heavy (non-hydrogen) atoms. The van der Waals surface area contributed by atoms with E-state index in [1.807, 2.05) is 13.2 Å². The second kappa shape index (κ2) is 5.76. The second-order valence-electron chi connectivity index (χ2n) is 4.05. The van der Waals surface area contributed by atoms with E-state index < -0.39 is 0 Å². The van der Waals surface area contributed by atoms with Crippen molar-refractivity contribution in [3.8, 4) is 0 Å². The van der Waals surface area contributed by atoms with Crippen LogP contribution in [-0.4, -0.2) is 18.3 Å². The summed E-state index contributed by atoms with van der Waals surface area (Å²) >= 11 is 5.22. The van der Waals surface area contributed by atoms with Crippen molar-refractivity contribution < 1.29 is 0 Å². The van der Waals surface area contributed by atoms with Crippen molar-refractivity contribution in [1.29, 1.82) is 0 Å². The van der Waals surface area contributed by atoms with Gasteiger partial charge < -0.3 is 4.90 Å². The van der Waals surface area contributed by atoms with Crippen molar-refractivity contribution >= 4 is 39.2 Å². The largest absolute Gasteiger partial charge is 0.329 e. The summed E-state index contributed by atoms with van der Waals surface area (Å²) in [7, 11) is 2.03. The van der Waals surface area contributed by atoms with Crippen molar-refractivity contribution in [1.82, 2.24) is 4.98 Å². The van der Waals surface area contributed by atoms with E-state index in [2.05, 4.69) is 69.3 Å². The van der Waals surface area contributed by atoms with E-state index in [4.69, 9.17) is 0 Å². The minimum atomic E-state index is 0.951. The summed E-state index contributed by atoms with van der Waals surface area (Å²) in [5.74, 6) is 0.951. The quantitative estimate of drug-likeness (QED) is 0.766. The Labute approximate surface area is 121 Å². The van der Waals surface area contributed by atoms with Crippen LogP contribution < -0.4 is 4.90 Å². The molecule has 0 saturated heterocycles. The molecule has 94 valence electrons. The van der Waals surface area contributed by atoms with Crippen molar-refractivity contribution in [2.24, 2.45) is 0 Å². The lowest BCUT2D eigenvalue weighted by Crippen LogP contribution is -2.11. The first-order valence-corrected chi connectivity index (χ1v) is 7.63. The van der Waals surface area contributed by atoms with Gasteiger partial charge in [-0.1, -0.05) is 0 Å². The molecule has 1 aromatic carbocycles. The number of anilines is 2. The third-order valence-corrected chi connectivity index (χ3v) is 4.41. The average molecular weight is 323 g/mol. The number of halogens is 1. The van der Waals surface area contributed by atoms with Crippen LogP contribution in [0.5, 0.6) is 0 Å². The number of aromatic nitrogens is 1. The van der Waals surface area contributed by atoms with Crippen molar-refractivity contribution in [2.75, 3.05) is 18.2 Å². The second-order valence-corrected chi connectivity index (χ2v) is 5.78. The highest BCUT2D eigenvalue weighted by molar-refractivity contribution is 9.10. The summed E-state index contributed by atoms with van der Waals surface area (Å²) < 4.78 is 1.04. The highest BCUT2D eigenvalue weighted by atomic mass is 79.9. The Kier molecular flexibility index (Phi) is 4.30. The zero-order chi connectivity index (χ0) is 13.1. The van der Waals surface area contributed by atoms with Crippen LogP contribution in [0.25, 0.3) is 0 Å². The van der Waals surface area contributed by atoms with Gasteiger partial charge in [0, 0.05) is 28.3 Å². The first-order valence-electron chi connectivity index (χ1n) is 5.61. The van der Waals surface area contributed by atoms with E-state index in [9.17, 15) is 0 Å². The molecular weight excluding hydrogens is 308 g/mol. The molecule has 2 aromatic rings. The van der Waals surface area contributed by atoms with Crippen LogP contribution in [0.15, 0.2) is 45.9 Å². The molecular formula is C14H15BrN2S. The van der Waals surface area contributed by atoms with Crippen molar-refractivity contribution in [2.45, 2.75) is 11.8 Å². The molecule has 0 radical (unpaired) electrons. The van der Waals surface area contributed by atoms with Crippen LogP contribution >= 0.6 is 27.7 Å². The predicted octanol–water partition coefficient (Wildman–Crippen LogP) is 4.64. The van der Waals surface area contributed by atoms with Crippen LogP contribution in [-0.2, 0) is 0 Å². The Morgan fingerprint density at radius 2 is 1.89 bits per heavy atom. The zero-order valence-corrected chi connectivity index (χ0v) is 13.0. The molecule has 0 bridgehead atoms. The third-order valence-electron chi connectivity index (χ3n) is 2.84. The number of hydrogen-bond acceptors (Lipinski definition) is 3. The molecule has 0 unspecified atom stereocenters. The van der Waals surface area contributed by atoms with E-state index in [0.29, 0.717) is 0 Å². The Balaban J connectivity index is 2.28. The van der Waals surface area contributed by atoms with E-state index in [0.717, 1.165) is 16.0 Å². The maximum Gasteiger partial charge on any atom is 0.132 e. The van der Waals surface area contributed by atoms with Crippen LogP contribution in [0.1, 0.15) is 5.56 Å². The number of benzene rings is 1. The molecule has 0 aliphatic heterocycles. The summed E-state index contributed by atoms with van der Waals surface area (Å²) in [6, 6.07) is 10.6. The molecule has 0 amide bonds. The number of thioether (sulfide) groups is 1. The molecule has 0 N–H and O–H groups in total. The third kappa shape index (κ3) is 2.87. The van der Waals surface area contributed by atoms with Gasteiger partial charge in [-0.15, -0.1) is 11.8 Å². The Hall–Kier alpha value is -1.00. The monoisotopic (exact) mass is 322 g/mol. The average Bonchev–Trinajstić information content (AvgIpc) is 2.41. The lowest BCUT2D eigenvalue weighted by Gasteiger charge is -2.19. The number of pyridine rings is 1. The number of nitrogens with zero attached hydrogens (tertiary/aromatic N) is 2. The van der Waals surface area contributed by atoms with Crippen LogP contribution in [0.4, 0.5) is 11.5 Å². The minimum absolute atomic E-state index is 0.951. The molecule has 0 atom stereocenters. The highest BCUT2D eigenvalue weighted by Crippen LogP contribution is 2.26. The van der Waals surface area contributed by atoms with Gasteiger partial charge in [0.1, 0.15) is 5.82 Å². The fourth-order valence-electron chi connectivity index (χ4n) is 1.65.